The Bertz CT molecular complexity index is 1150. The van der Waals surface area contributed by atoms with Crippen molar-refractivity contribution in [2.45, 2.75) is 11.3 Å². The van der Waals surface area contributed by atoms with Crippen LogP contribution in [0.5, 0.6) is 11.5 Å². The summed E-state index contributed by atoms with van der Waals surface area (Å²) in [6, 6.07) is 20.2. The van der Waals surface area contributed by atoms with Gasteiger partial charge in [-0.1, -0.05) is 30.3 Å². The molecule has 0 spiro atoms. The van der Waals surface area contributed by atoms with Gasteiger partial charge in [0.1, 0.15) is 11.5 Å². The van der Waals surface area contributed by atoms with Gasteiger partial charge in [0.25, 0.3) is 10.0 Å². The second-order valence-electron chi connectivity index (χ2n) is 6.74. The number of anilines is 2. The number of hydrogen-bond acceptors (Lipinski definition) is 5. The van der Waals surface area contributed by atoms with Crippen molar-refractivity contribution >= 4 is 27.3 Å². The number of sulfonamides is 1. The van der Waals surface area contributed by atoms with Gasteiger partial charge in [0.15, 0.2) is 0 Å². The van der Waals surface area contributed by atoms with Crippen LogP contribution in [0.3, 0.4) is 0 Å². The first-order valence-corrected chi connectivity index (χ1v) is 10.9. The first-order chi connectivity index (χ1) is 14.8. The van der Waals surface area contributed by atoms with E-state index in [1.165, 1.54) is 18.5 Å². The van der Waals surface area contributed by atoms with Gasteiger partial charge in [-0.05, 0) is 42.0 Å². The van der Waals surface area contributed by atoms with Gasteiger partial charge >= 0.3 is 0 Å². The van der Waals surface area contributed by atoms with E-state index in [1.54, 1.807) is 79.9 Å². The molecule has 0 fully saturated rings. The van der Waals surface area contributed by atoms with Crippen LogP contribution in [0.15, 0.2) is 77.7 Å². The average Bonchev–Trinajstić information content (AvgIpc) is 2.79. The summed E-state index contributed by atoms with van der Waals surface area (Å²) < 4.78 is 37.2. The highest BCUT2D eigenvalue weighted by Crippen LogP contribution is 2.29. The van der Waals surface area contributed by atoms with Crippen LogP contribution in [0, 0.1) is 0 Å². The quantitative estimate of drug-likeness (QED) is 0.577. The number of nitrogens with zero attached hydrogens (tertiary/aromatic N) is 1. The summed E-state index contributed by atoms with van der Waals surface area (Å²) >= 11 is 0. The highest BCUT2D eigenvalue weighted by molar-refractivity contribution is 7.92. The largest absolute Gasteiger partial charge is 0.497 e. The zero-order valence-corrected chi connectivity index (χ0v) is 18.3. The molecule has 1 amide bonds. The summed E-state index contributed by atoms with van der Waals surface area (Å²) in [7, 11) is 0.914. The van der Waals surface area contributed by atoms with Crippen LogP contribution in [0.4, 0.5) is 11.4 Å². The number of hydrogen-bond donors (Lipinski definition) is 1. The first kappa shape index (κ1) is 22.2. The molecule has 3 aromatic carbocycles. The molecule has 0 atom stereocenters. The van der Waals surface area contributed by atoms with Gasteiger partial charge in [-0.3, -0.25) is 9.10 Å². The van der Waals surface area contributed by atoms with Gasteiger partial charge in [-0.2, -0.15) is 0 Å². The van der Waals surface area contributed by atoms with E-state index in [0.29, 0.717) is 22.9 Å². The Morgan fingerprint density at radius 2 is 1.61 bits per heavy atom. The minimum absolute atomic E-state index is 0.121. The first-order valence-electron chi connectivity index (χ1n) is 9.50. The molecular formula is C23H24N2O5S. The predicted octanol–water partition coefficient (Wildman–Crippen LogP) is 3.71. The second kappa shape index (κ2) is 9.53. The molecule has 0 radical (unpaired) electrons. The lowest BCUT2D eigenvalue weighted by molar-refractivity contribution is -0.115. The number of benzene rings is 3. The molecule has 0 unspecified atom stereocenters. The minimum Gasteiger partial charge on any atom is -0.497 e. The third-order valence-corrected chi connectivity index (χ3v) is 6.55. The molecule has 1 N–H and O–H groups in total. The predicted molar refractivity (Wildman–Crippen MR) is 120 cm³/mol. The second-order valence-corrected chi connectivity index (χ2v) is 8.71. The van der Waals surface area contributed by atoms with E-state index in [-0.39, 0.29) is 17.2 Å². The normalized spacial score (nSPS) is 10.9. The monoisotopic (exact) mass is 440 g/mol. The molecule has 31 heavy (non-hydrogen) atoms. The number of carbonyl (C=O) groups excluding carboxylic acids is 1. The van der Waals surface area contributed by atoms with Crippen molar-refractivity contribution in [1.29, 1.82) is 0 Å². The van der Waals surface area contributed by atoms with Gasteiger partial charge in [0.05, 0.1) is 36.9 Å². The van der Waals surface area contributed by atoms with Crippen molar-refractivity contribution in [3.05, 3.63) is 78.4 Å². The van der Waals surface area contributed by atoms with E-state index >= 15 is 0 Å². The average molecular weight is 441 g/mol. The van der Waals surface area contributed by atoms with Crippen LogP contribution in [0.2, 0.25) is 0 Å². The minimum atomic E-state index is -3.65. The molecule has 3 rings (SSSR count). The number of methoxy groups -OCH3 is 2. The molecule has 0 aliphatic heterocycles. The van der Waals surface area contributed by atoms with E-state index < -0.39 is 10.0 Å². The van der Waals surface area contributed by atoms with Crippen LogP contribution in [0.1, 0.15) is 5.56 Å². The number of carbonyl (C=O) groups is 1. The number of rotatable bonds is 8. The summed E-state index contributed by atoms with van der Waals surface area (Å²) in [5.41, 5.74) is 1.76. The van der Waals surface area contributed by atoms with Gasteiger partial charge in [0.2, 0.25) is 5.91 Å². The number of ether oxygens (including phenoxy) is 2. The molecule has 0 saturated heterocycles. The maximum absolute atomic E-state index is 12.8. The van der Waals surface area contributed by atoms with Crippen molar-refractivity contribution in [2.75, 3.05) is 30.9 Å². The molecule has 162 valence electrons. The highest BCUT2D eigenvalue weighted by atomic mass is 32.2. The van der Waals surface area contributed by atoms with Crippen molar-refractivity contribution in [3.8, 4) is 11.5 Å². The fourth-order valence-corrected chi connectivity index (χ4v) is 4.22. The molecule has 0 saturated carbocycles. The Morgan fingerprint density at radius 1 is 0.935 bits per heavy atom. The third-order valence-electron chi connectivity index (χ3n) is 4.75. The lowest BCUT2D eigenvalue weighted by Gasteiger charge is -2.19. The summed E-state index contributed by atoms with van der Waals surface area (Å²) in [5, 5.41) is 2.82. The number of nitrogens with one attached hydrogen (secondary N) is 1. The smallest absolute Gasteiger partial charge is 0.264 e. The molecule has 0 bridgehead atoms. The van der Waals surface area contributed by atoms with Crippen LogP contribution in [0.25, 0.3) is 0 Å². The Balaban J connectivity index is 1.70. The standard InChI is InChI=1S/C23H24N2O5S/c1-25(31(27,28)20-7-5-4-6-8-20)18-11-9-17(10-12-18)15-23(26)24-21-16-19(29-2)13-14-22(21)30-3/h4-14,16H,15H2,1-3H3,(H,24,26). The van der Waals surface area contributed by atoms with Gasteiger partial charge < -0.3 is 14.8 Å². The van der Waals surface area contributed by atoms with Crippen molar-refractivity contribution in [2.24, 2.45) is 0 Å². The van der Waals surface area contributed by atoms with E-state index in [0.717, 1.165) is 5.56 Å². The fraction of sp³-hybridized carbons (Fsp3) is 0.174. The maximum Gasteiger partial charge on any atom is 0.264 e. The summed E-state index contributed by atoms with van der Waals surface area (Å²) in [4.78, 5) is 12.7. The fourth-order valence-electron chi connectivity index (χ4n) is 3.00. The van der Waals surface area contributed by atoms with Crippen molar-refractivity contribution < 1.29 is 22.7 Å². The summed E-state index contributed by atoms with van der Waals surface area (Å²) in [6.45, 7) is 0. The SMILES string of the molecule is COc1ccc(OC)c(NC(=O)Cc2ccc(N(C)S(=O)(=O)c3ccccc3)cc2)c1. The lowest BCUT2D eigenvalue weighted by Crippen LogP contribution is -2.26. The van der Waals surface area contributed by atoms with E-state index in [9.17, 15) is 13.2 Å². The van der Waals surface area contributed by atoms with E-state index in [2.05, 4.69) is 5.32 Å². The van der Waals surface area contributed by atoms with Crippen LogP contribution < -0.4 is 19.1 Å². The van der Waals surface area contributed by atoms with E-state index in [4.69, 9.17) is 9.47 Å². The molecule has 3 aromatic rings. The Hall–Kier alpha value is -3.52. The number of amides is 1. The topological polar surface area (TPSA) is 84.9 Å². The Kier molecular flexibility index (Phi) is 6.81. The molecule has 0 aliphatic carbocycles. The molecule has 7 nitrogen and oxygen atoms in total. The maximum atomic E-state index is 12.8. The lowest BCUT2D eigenvalue weighted by atomic mass is 10.1. The molecule has 0 aliphatic rings. The molecule has 0 heterocycles. The Morgan fingerprint density at radius 3 is 2.23 bits per heavy atom. The summed E-state index contributed by atoms with van der Waals surface area (Å²) in [6.07, 6.45) is 0.121. The molecular weight excluding hydrogens is 416 g/mol. The van der Waals surface area contributed by atoms with E-state index in [1.807, 2.05) is 0 Å². The van der Waals surface area contributed by atoms with Crippen molar-refractivity contribution in [1.82, 2.24) is 0 Å². The zero-order chi connectivity index (χ0) is 22.4. The highest BCUT2D eigenvalue weighted by Gasteiger charge is 2.21. The van der Waals surface area contributed by atoms with Gasteiger partial charge in [0, 0.05) is 13.1 Å². The molecule has 0 aromatic heterocycles. The van der Waals surface area contributed by atoms with Crippen molar-refractivity contribution in [3.63, 3.8) is 0 Å². The zero-order valence-electron chi connectivity index (χ0n) is 17.5. The van der Waals surface area contributed by atoms with Crippen LogP contribution in [-0.2, 0) is 21.2 Å². The van der Waals surface area contributed by atoms with Gasteiger partial charge in [-0.15, -0.1) is 0 Å². The third kappa shape index (κ3) is 5.16. The van der Waals surface area contributed by atoms with Crippen LogP contribution in [-0.4, -0.2) is 35.6 Å². The van der Waals surface area contributed by atoms with Crippen LogP contribution >= 0.6 is 0 Å². The van der Waals surface area contributed by atoms with Gasteiger partial charge in [-0.25, -0.2) is 8.42 Å². The summed E-state index contributed by atoms with van der Waals surface area (Å²) in [5.74, 6) is 0.893. The Labute approximate surface area is 182 Å². The molecule has 8 heteroatoms.